The van der Waals surface area contributed by atoms with Gasteiger partial charge >= 0.3 is 5.97 Å². The number of nitrogens with one attached hydrogen (secondary N) is 3. The largest absolute Gasteiger partial charge is 0.467 e. The Kier molecular flexibility index (Phi) is 8.11. The molecule has 2 heterocycles. The number of benzene rings is 1. The second kappa shape index (κ2) is 10.9. The van der Waals surface area contributed by atoms with Crippen molar-refractivity contribution in [3.05, 3.63) is 29.3 Å². The molecule has 4 N–H and O–H groups in total. The lowest BCUT2D eigenvalue weighted by Crippen LogP contribution is -2.59. The van der Waals surface area contributed by atoms with Gasteiger partial charge in [-0.2, -0.15) is 0 Å². The van der Waals surface area contributed by atoms with Gasteiger partial charge in [-0.25, -0.2) is 4.79 Å². The van der Waals surface area contributed by atoms with Crippen molar-refractivity contribution in [3.63, 3.8) is 0 Å². The summed E-state index contributed by atoms with van der Waals surface area (Å²) in [6.45, 7) is 4.24. The van der Waals surface area contributed by atoms with E-state index in [0.717, 1.165) is 18.2 Å². The van der Waals surface area contributed by atoms with E-state index in [1.807, 2.05) is 18.2 Å². The zero-order chi connectivity index (χ0) is 25.9. The minimum atomic E-state index is -1.27. The summed E-state index contributed by atoms with van der Waals surface area (Å²) in [6, 6.07) is 1.60. The van der Waals surface area contributed by atoms with Crippen LogP contribution >= 0.6 is 0 Å². The number of anilines is 1. The predicted octanol–water partition coefficient (Wildman–Crippen LogP) is -0.814. The summed E-state index contributed by atoms with van der Waals surface area (Å²) in [5.41, 5.74) is 2.31. The summed E-state index contributed by atoms with van der Waals surface area (Å²) in [5.74, 6) is -2.92. The quantitative estimate of drug-likeness (QED) is 0.349. The molecule has 4 amide bonds. The van der Waals surface area contributed by atoms with Gasteiger partial charge in [0, 0.05) is 13.3 Å². The van der Waals surface area contributed by atoms with E-state index in [9.17, 15) is 29.1 Å². The summed E-state index contributed by atoms with van der Waals surface area (Å²) >= 11 is 0. The zero-order valence-corrected chi connectivity index (χ0v) is 20.3. The fourth-order valence-electron chi connectivity index (χ4n) is 4.58. The molecule has 0 unspecified atom stereocenters. The van der Waals surface area contributed by atoms with Crippen LogP contribution in [0.2, 0.25) is 0 Å². The number of hydrogen-bond donors (Lipinski definition) is 4. The van der Waals surface area contributed by atoms with Crippen molar-refractivity contribution in [2.24, 2.45) is 5.92 Å². The summed E-state index contributed by atoms with van der Waals surface area (Å²) in [6.07, 6.45) is 1.04. The zero-order valence-electron chi connectivity index (χ0n) is 20.3. The second-order valence-electron chi connectivity index (χ2n) is 9.14. The summed E-state index contributed by atoms with van der Waals surface area (Å²) in [5, 5.41) is 17.3. The molecule has 0 radical (unpaired) electrons. The lowest BCUT2D eigenvalue weighted by Gasteiger charge is -2.30. The van der Waals surface area contributed by atoms with E-state index in [0.29, 0.717) is 18.5 Å². The van der Waals surface area contributed by atoms with Gasteiger partial charge in [0.2, 0.25) is 23.6 Å². The van der Waals surface area contributed by atoms with Crippen LogP contribution in [0.5, 0.6) is 0 Å². The van der Waals surface area contributed by atoms with Gasteiger partial charge in [0.05, 0.1) is 19.4 Å². The van der Waals surface area contributed by atoms with Gasteiger partial charge in [-0.05, 0) is 29.9 Å². The Morgan fingerprint density at radius 1 is 1.17 bits per heavy atom. The maximum atomic E-state index is 13.7. The number of nitrogens with zero attached hydrogens (tertiary/aromatic N) is 1. The standard InChI is InChI=1S/C24H32N4O7/c1-12(2)19(25-13(3)30)22(32)26-16-9-8-14-6-5-7-15-10-18(28(20(14)15)23(16)33)21(31)27-17(11-29)24(34)35-4/h5-7,12,16-19,29H,8-11H2,1-4H3,(H,25,30)(H,26,32)(H,27,31)/t16-,17-,18-,19-/m0/s1. The third kappa shape index (κ3) is 5.45. The molecule has 0 aromatic heterocycles. The van der Waals surface area contributed by atoms with Crippen LogP contribution in [0.25, 0.3) is 0 Å². The van der Waals surface area contributed by atoms with Gasteiger partial charge in [-0.1, -0.05) is 32.0 Å². The number of amides is 4. The number of carbonyl (C=O) groups excluding carboxylic acids is 5. The number of aliphatic hydroxyl groups excluding tert-OH is 1. The molecule has 0 aliphatic carbocycles. The highest BCUT2D eigenvalue weighted by Crippen LogP contribution is 2.39. The fraction of sp³-hybridized carbons (Fsp3) is 0.542. The molecule has 1 aromatic rings. The van der Waals surface area contributed by atoms with Crippen molar-refractivity contribution in [1.29, 1.82) is 0 Å². The molecule has 0 saturated carbocycles. The predicted molar refractivity (Wildman–Crippen MR) is 125 cm³/mol. The number of hydrogen-bond acceptors (Lipinski definition) is 7. The molecule has 2 aliphatic rings. The number of ether oxygens (including phenoxy) is 1. The third-order valence-corrected chi connectivity index (χ3v) is 6.32. The van der Waals surface area contributed by atoms with Crippen LogP contribution < -0.4 is 20.9 Å². The van der Waals surface area contributed by atoms with Gasteiger partial charge in [0.25, 0.3) is 0 Å². The topological polar surface area (TPSA) is 154 Å². The molecule has 11 nitrogen and oxygen atoms in total. The van der Waals surface area contributed by atoms with E-state index >= 15 is 0 Å². The Morgan fingerprint density at radius 2 is 1.86 bits per heavy atom. The Hall–Kier alpha value is -3.47. The number of carbonyl (C=O) groups is 5. The molecule has 3 rings (SSSR count). The third-order valence-electron chi connectivity index (χ3n) is 6.32. The summed E-state index contributed by atoms with van der Waals surface area (Å²) in [7, 11) is 1.14. The van der Waals surface area contributed by atoms with Gasteiger partial charge < -0.3 is 25.8 Å². The lowest BCUT2D eigenvalue weighted by atomic mass is 10.00. The first-order valence-corrected chi connectivity index (χ1v) is 11.6. The Bertz CT molecular complexity index is 1030. The van der Waals surface area contributed by atoms with Crippen molar-refractivity contribution in [2.45, 2.75) is 64.2 Å². The first-order chi connectivity index (χ1) is 16.6. The molecule has 0 saturated heterocycles. The Labute approximate surface area is 203 Å². The van der Waals surface area contributed by atoms with Gasteiger partial charge in [-0.15, -0.1) is 0 Å². The molecule has 0 spiro atoms. The molecular formula is C24H32N4O7. The molecule has 0 fully saturated rings. The van der Waals surface area contributed by atoms with Crippen LogP contribution in [0.1, 0.15) is 38.3 Å². The molecule has 11 heteroatoms. The average molecular weight is 489 g/mol. The number of aryl methyl sites for hydroxylation is 1. The molecule has 0 bridgehead atoms. The maximum Gasteiger partial charge on any atom is 0.330 e. The molecule has 35 heavy (non-hydrogen) atoms. The van der Waals surface area contributed by atoms with Crippen LogP contribution in [0.15, 0.2) is 18.2 Å². The highest BCUT2D eigenvalue weighted by molar-refractivity contribution is 6.08. The van der Waals surface area contributed by atoms with E-state index in [4.69, 9.17) is 0 Å². The van der Waals surface area contributed by atoms with Crippen molar-refractivity contribution in [1.82, 2.24) is 16.0 Å². The summed E-state index contributed by atoms with van der Waals surface area (Å²) in [4.78, 5) is 64.6. The highest BCUT2D eigenvalue weighted by Gasteiger charge is 2.45. The molecule has 2 aliphatic heterocycles. The minimum absolute atomic E-state index is 0.206. The van der Waals surface area contributed by atoms with Crippen molar-refractivity contribution in [2.75, 3.05) is 18.6 Å². The summed E-state index contributed by atoms with van der Waals surface area (Å²) < 4.78 is 4.61. The second-order valence-corrected chi connectivity index (χ2v) is 9.14. The molecular weight excluding hydrogens is 456 g/mol. The van der Waals surface area contributed by atoms with E-state index in [-0.39, 0.29) is 18.2 Å². The van der Waals surface area contributed by atoms with Crippen LogP contribution in [0.4, 0.5) is 5.69 Å². The van der Waals surface area contributed by atoms with Crippen LogP contribution in [-0.4, -0.2) is 72.6 Å². The molecule has 1 aromatic carbocycles. The van der Waals surface area contributed by atoms with Crippen molar-refractivity contribution < 1.29 is 33.8 Å². The van der Waals surface area contributed by atoms with Gasteiger partial charge in [0.1, 0.15) is 18.1 Å². The van der Waals surface area contributed by atoms with Crippen LogP contribution in [0.3, 0.4) is 0 Å². The van der Waals surface area contributed by atoms with E-state index in [1.54, 1.807) is 13.8 Å². The van der Waals surface area contributed by atoms with E-state index < -0.39 is 54.5 Å². The van der Waals surface area contributed by atoms with Crippen molar-refractivity contribution in [3.8, 4) is 0 Å². The Morgan fingerprint density at radius 3 is 2.46 bits per heavy atom. The normalized spacial score (nSPS) is 20.4. The van der Waals surface area contributed by atoms with E-state index in [1.165, 1.54) is 11.8 Å². The smallest absolute Gasteiger partial charge is 0.330 e. The Balaban J connectivity index is 1.88. The van der Waals surface area contributed by atoms with E-state index in [2.05, 4.69) is 20.7 Å². The SMILES string of the molecule is COC(=O)[C@H](CO)NC(=O)[C@@H]1Cc2cccc3c2N1C(=O)[C@@H](NC(=O)[C@@H](NC(C)=O)C(C)C)CC3. The number of para-hydroxylation sites is 1. The molecule has 4 atom stereocenters. The number of rotatable bonds is 8. The average Bonchev–Trinajstić information content (AvgIpc) is 3.16. The first-order valence-electron chi connectivity index (χ1n) is 11.6. The maximum absolute atomic E-state index is 13.7. The minimum Gasteiger partial charge on any atom is -0.467 e. The number of methoxy groups -OCH3 is 1. The highest BCUT2D eigenvalue weighted by atomic mass is 16.5. The van der Waals surface area contributed by atoms with Crippen LogP contribution in [0, 0.1) is 5.92 Å². The first kappa shape index (κ1) is 26.1. The number of aliphatic hydroxyl groups is 1. The van der Waals surface area contributed by atoms with Gasteiger partial charge in [-0.3, -0.25) is 24.1 Å². The van der Waals surface area contributed by atoms with Gasteiger partial charge in [0.15, 0.2) is 6.04 Å². The lowest BCUT2D eigenvalue weighted by molar-refractivity contribution is -0.146. The molecule has 190 valence electrons. The fourth-order valence-corrected chi connectivity index (χ4v) is 4.58. The number of esters is 1. The van der Waals surface area contributed by atoms with Crippen LogP contribution in [-0.2, 0) is 41.6 Å². The van der Waals surface area contributed by atoms with Crippen molar-refractivity contribution >= 4 is 35.3 Å². The monoisotopic (exact) mass is 488 g/mol.